The van der Waals surface area contributed by atoms with Gasteiger partial charge in [-0.2, -0.15) is 11.8 Å². The number of nitrogens with one attached hydrogen (secondary N) is 1. The first kappa shape index (κ1) is 15.1. The van der Waals surface area contributed by atoms with Gasteiger partial charge in [0.25, 0.3) is 0 Å². The fourth-order valence-corrected chi connectivity index (χ4v) is 1.82. The van der Waals surface area contributed by atoms with Crippen LogP contribution in [-0.2, 0) is 11.3 Å². The largest absolute Gasteiger partial charge is 0.350 e. The van der Waals surface area contributed by atoms with Crippen LogP contribution in [0.3, 0.4) is 0 Å². The van der Waals surface area contributed by atoms with Gasteiger partial charge in [-0.05, 0) is 18.6 Å². The Hall–Kier alpha value is -0.970. The van der Waals surface area contributed by atoms with Crippen molar-refractivity contribution in [1.82, 2.24) is 14.9 Å². The first-order valence-electron chi connectivity index (χ1n) is 6.13. The smallest absolute Gasteiger partial charge is 0.233 e. The number of nitrogens with zero attached hydrogens (tertiary/aromatic N) is 2. The first-order chi connectivity index (χ1) is 8.34. The monoisotopic (exact) mass is 269 g/mol. The van der Waals surface area contributed by atoms with Gasteiger partial charge in [-0.3, -0.25) is 4.79 Å². The van der Waals surface area contributed by atoms with Crippen LogP contribution in [0, 0.1) is 5.41 Å². The molecule has 1 heterocycles. The summed E-state index contributed by atoms with van der Waals surface area (Å²) in [6.07, 6.45) is 7.41. The number of carbonyl (C=O) groups is 1. The second kappa shape index (κ2) is 6.27. The Morgan fingerprint density at radius 3 is 2.61 bits per heavy atom. The van der Waals surface area contributed by atoms with Gasteiger partial charge in [0, 0.05) is 18.9 Å². The van der Waals surface area contributed by atoms with Crippen LogP contribution < -0.4 is 5.32 Å². The summed E-state index contributed by atoms with van der Waals surface area (Å²) in [5, 5.41) is 3.12. The molecule has 0 spiro atoms. The number of carbonyl (C=O) groups excluding carboxylic acids is 1. The van der Waals surface area contributed by atoms with Crippen LogP contribution in [0.25, 0.3) is 0 Å². The number of imidazole rings is 1. The van der Waals surface area contributed by atoms with E-state index in [4.69, 9.17) is 0 Å². The molecule has 0 aromatic carbocycles. The molecule has 0 saturated heterocycles. The molecule has 4 nitrogen and oxygen atoms in total. The Kier molecular flexibility index (Phi) is 5.26. The van der Waals surface area contributed by atoms with E-state index in [1.807, 2.05) is 23.9 Å². The van der Waals surface area contributed by atoms with Gasteiger partial charge in [-0.1, -0.05) is 20.8 Å². The SMILES string of the molecule is CS[C@@H](C)C(=O)N[C@@H](Cn1ccnc1)C(C)(C)C. The van der Waals surface area contributed by atoms with Crippen LogP contribution in [0.4, 0.5) is 0 Å². The maximum atomic E-state index is 12.0. The third-order valence-corrected chi connectivity index (χ3v) is 3.96. The molecule has 1 amide bonds. The zero-order valence-corrected chi connectivity index (χ0v) is 12.6. The molecule has 0 aliphatic rings. The highest BCUT2D eigenvalue weighted by molar-refractivity contribution is 7.99. The van der Waals surface area contributed by atoms with Gasteiger partial charge in [0.05, 0.1) is 17.6 Å². The van der Waals surface area contributed by atoms with E-state index in [9.17, 15) is 4.79 Å². The van der Waals surface area contributed by atoms with E-state index in [2.05, 4.69) is 31.1 Å². The van der Waals surface area contributed by atoms with Crippen molar-refractivity contribution in [3.63, 3.8) is 0 Å². The second-order valence-corrected chi connectivity index (χ2v) is 6.74. The lowest BCUT2D eigenvalue weighted by molar-refractivity contribution is -0.121. The van der Waals surface area contributed by atoms with Crippen molar-refractivity contribution >= 4 is 17.7 Å². The summed E-state index contributed by atoms with van der Waals surface area (Å²) in [5.41, 5.74) is 0.0120. The minimum absolute atomic E-state index is 0.0120. The summed E-state index contributed by atoms with van der Waals surface area (Å²) in [6.45, 7) is 9.09. The molecule has 1 aromatic rings. The Bertz CT molecular complexity index is 370. The van der Waals surface area contributed by atoms with Gasteiger partial charge < -0.3 is 9.88 Å². The Morgan fingerprint density at radius 1 is 1.50 bits per heavy atom. The molecule has 0 saturated carbocycles. The maximum Gasteiger partial charge on any atom is 0.233 e. The quantitative estimate of drug-likeness (QED) is 0.891. The molecule has 0 bridgehead atoms. The molecule has 0 radical (unpaired) electrons. The topological polar surface area (TPSA) is 46.9 Å². The Labute approximate surface area is 114 Å². The minimum atomic E-state index is -0.0161. The van der Waals surface area contributed by atoms with Crippen LogP contribution in [0.2, 0.25) is 0 Å². The molecule has 0 fully saturated rings. The van der Waals surface area contributed by atoms with Crippen molar-refractivity contribution in [2.24, 2.45) is 5.41 Å². The number of rotatable bonds is 5. The highest BCUT2D eigenvalue weighted by Crippen LogP contribution is 2.21. The maximum absolute atomic E-state index is 12.0. The average molecular weight is 269 g/mol. The first-order valence-corrected chi connectivity index (χ1v) is 7.42. The van der Waals surface area contributed by atoms with Gasteiger partial charge >= 0.3 is 0 Å². The van der Waals surface area contributed by atoms with Crippen LogP contribution in [0.1, 0.15) is 27.7 Å². The predicted molar refractivity (Wildman–Crippen MR) is 76.6 cm³/mol. The minimum Gasteiger partial charge on any atom is -0.350 e. The molecule has 1 aromatic heterocycles. The lowest BCUT2D eigenvalue weighted by atomic mass is 9.86. The molecule has 5 heteroatoms. The molecule has 0 unspecified atom stereocenters. The zero-order valence-electron chi connectivity index (χ0n) is 11.8. The molecule has 0 aliphatic heterocycles. The standard InChI is InChI=1S/C13H23N3OS/c1-10(18-5)12(17)15-11(13(2,3)4)8-16-7-6-14-9-16/h6-7,9-11H,8H2,1-5H3,(H,15,17)/t10-,11-/m0/s1. The molecule has 2 atom stereocenters. The highest BCUT2D eigenvalue weighted by Gasteiger charge is 2.27. The van der Waals surface area contributed by atoms with E-state index in [1.165, 1.54) is 0 Å². The van der Waals surface area contributed by atoms with Crippen molar-refractivity contribution in [1.29, 1.82) is 0 Å². The summed E-state index contributed by atoms with van der Waals surface area (Å²) >= 11 is 1.56. The molecule has 102 valence electrons. The van der Waals surface area contributed by atoms with E-state index in [1.54, 1.807) is 24.3 Å². The van der Waals surface area contributed by atoms with Crippen molar-refractivity contribution in [3.05, 3.63) is 18.7 Å². The second-order valence-electron chi connectivity index (χ2n) is 5.56. The Balaban J connectivity index is 2.71. The summed E-state index contributed by atoms with van der Waals surface area (Å²) in [5.74, 6) is 0.0996. The number of aromatic nitrogens is 2. The van der Waals surface area contributed by atoms with Crippen molar-refractivity contribution in [2.45, 2.75) is 45.5 Å². The lowest BCUT2D eigenvalue weighted by Crippen LogP contribution is -2.48. The Morgan fingerprint density at radius 2 is 2.17 bits per heavy atom. The third kappa shape index (κ3) is 4.37. The normalized spacial score (nSPS) is 15.2. The summed E-state index contributed by atoms with van der Waals surface area (Å²) < 4.78 is 2.00. The van der Waals surface area contributed by atoms with Crippen molar-refractivity contribution in [3.8, 4) is 0 Å². The average Bonchev–Trinajstić information content (AvgIpc) is 2.78. The molecular formula is C13H23N3OS. The van der Waals surface area contributed by atoms with E-state index >= 15 is 0 Å². The number of hydrogen-bond donors (Lipinski definition) is 1. The predicted octanol–water partition coefficient (Wildman–Crippen LogP) is 2.17. The summed E-state index contributed by atoms with van der Waals surface area (Å²) in [6, 6.07) is 0.0915. The number of hydrogen-bond acceptors (Lipinski definition) is 3. The zero-order chi connectivity index (χ0) is 13.8. The molecule has 1 rings (SSSR count). The molecule has 18 heavy (non-hydrogen) atoms. The third-order valence-electron chi connectivity index (χ3n) is 3.04. The van der Waals surface area contributed by atoms with Gasteiger partial charge in [-0.15, -0.1) is 0 Å². The van der Waals surface area contributed by atoms with Crippen LogP contribution in [0.15, 0.2) is 18.7 Å². The summed E-state index contributed by atoms with van der Waals surface area (Å²) in [7, 11) is 0. The van der Waals surface area contributed by atoms with Crippen LogP contribution >= 0.6 is 11.8 Å². The van der Waals surface area contributed by atoms with Gasteiger partial charge in [0.15, 0.2) is 0 Å². The van der Waals surface area contributed by atoms with Crippen molar-refractivity contribution < 1.29 is 4.79 Å². The molecular weight excluding hydrogens is 246 g/mol. The van der Waals surface area contributed by atoms with Crippen molar-refractivity contribution in [2.75, 3.05) is 6.26 Å². The molecule has 0 aliphatic carbocycles. The van der Waals surface area contributed by atoms with Crippen LogP contribution in [0.5, 0.6) is 0 Å². The number of amides is 1. The van der Waals surface area contributed by atoms with Gasteiger partial charge in [-0.25, -0.2) is 4.98 Å². The van der Waals surface area contributed by atoms with Gasteiger partial charge in [0.2, 0.25) is 5.91 Å². The van der Waals surface area contributed by atoms with E-state index < -0.39 is 0 Å². The van der Waals surface area contributed by atoms with E-state index in [0.717, 1.165) is 6.54 Å². The van der Waals surface area contributed by atoms with E-state index in [-0.39, 0.29) is 22.6 Å². The van der Waals surface area contributed by atoms with Crippen LogP contribution in [-0.4, -0.2) is 33.0 Å². The van der Waals surface area contributed by atoms with E-state index in [0.29, 0.717) is 0 Å². The highest BCUT2D eigenvalue weighted by atomic mass is 32.2. The fraction of sp³-hybridized carbons (Fsp3) is 0.692. The number of thioether (sulfide) groups is 1. The lowest BCUT2D eigenvalue weighted by Gasteiger charge is -2.32. The summed E-state index contributed by atoms with van der Waals surface area (Å²) in [4.78, 5) is 16.0. The molecule has 1 N–H and O–H groups in total. The van der Waals surface area contributed by atoms with Gasteiger partial charge in [0.1, 0.15) is 0 Å². The fourth-order valence-electron chi connectivity index (χ4n) is 1.54.